The van der Waals surface area contributed by atoms with Crippen molar-refractivity contribution in [2.24, 2.45) is 46.3 Å². The van der Waals surface area contributed by atoms with Gasteiger partial charge in [0.25, 0.3) is 0 Å². The van der Waals surface area contributed by atoms with E-state index in [1.54, 1.807) is 0 Å². The lowest BCUT2D eigenvalue weighted by atomic mass is 9.43. The summed E-state index contributed by atoms with van der Waals surface area (Å²) in [4.78, 5) is 0. The van der Waals surface area contributed by atoms with Gasteiger partial charge in [-0.15, -0.1) is 6.58 Å². The minimum Gasteiger partial charge on any atom is -0.490 e. The number of benzene rings is 2. The average Bonchev–Trinajstić information content (AvgIpc) is 3.33. The maximum atomic E-state index is 7.00. The molecule has 0 aliphatic heterocycles. The zero-order valence-electron chi connectivity index (χ0n) is 27.2. The maximum Gasteiger partial charge on any atom is 0.119 e. The van der Waals surface area contributed by atoms with Crippen LogP contribution in [0.5, 0.6) is 11.5 Å². The Kier molecular flexibility index (Phi) is 8.52. The van der Waals surface area contributed by atoms with E-state index in [-0.39, 0.29) is 17.6 Å². The molecule has 234 valence electrons. The van der Waals surface area contributed by atoms with E-state index >= 15 is 0 Å². The number of hydrogen-bond acceptors (Lipinski definition) is 4. The number of nitrogen functional groups attached to an aromatic ring is 2. The first-order valence-electron chi connectivity index (χ1n) is 17.3. The van der Waals surface area contributed by atoms with Gasteiger partial charge < -0.3 is 20.9 Å². The van der Waals surface area contributed by atoms with Crippen LogP contribution in [0, 0.1) is 46.3 Å². The summed E-state index contributed by atoms with van der Waals surface area (Å²) in [5.41, 5.74) is 15.6. The fourth-order valence-corrected chi connectivity index (χ4v) is 10.8. The van der Waals surface area contributed by atoms with Gasteiger partial charge in [0.2, 0.25) is 0 Å². The lowest BCUT2D eigenvalue weighted by molar-refractivity contribution is -0.164. The smallest absolute Gasteiger partial charge is 0.119 e. The van der Waals surface area contributed by atoms with Crippen molar-refractivity contribution in [1.29, 1.82) is 0 Å². The zero-order chi connectivity index (χ0) is 30.4. The van der Waals surface area contributed by atoms with Crippen LogP contribution in [0.1, 0.15) is 98.3 Å². The zero-order valence-corrected chi connectivity index (χ0v) is 27.2. The molecule has 0 spiro atoms. The second kappa shape index (κ2) is 12.1. The molecule has 0 heterocycles. The van der Waals surface area contributed by atoms with Crippen molar-refractivity contribution >= 4 is 11.4 Å². The van der Waals surface area contributed by atoms with Gasteiger partial charge in [-0.2, -0.15) is 0 Å². The van der Waals surface area contributed by atoms with Crippen molar-refractivity contribution < 1.29 is 9.47 Å². The van der Waals surface area contributed by atoms with Crippen LogP contribution in [0.4, 0.5) is 11.4 Å². The monoisotopic (exact) mass is 584 g/mol. The van der Waals surface area contributed by atoms with Crippen LogP contribution in [0.3, 0.4) is 0 Å². The molecule has 2 aromatic carbocycles. The number of fused-ring (bicyclic) bond motifs is 5. The summed E-state index contributed by atoms with van der Waals surface area (Å²) in [6.45, 7) is 14.2. The van der Waals surface area contributed by atoms with Crippen LogP contribution < -0.4 is 20.9 Å². The second-order valence-corrected chi connectivity index (χ2v) is 15.6. The van der Waals surface area contributed by atoms with Crippen LogP contribution >= 0.6 is 0 Å². The van der Waals surface area contributed by atoms with Gasteiger partial charge >= 0.3 is 0 Å². The third-order valence-electron chi connectivity index (χ3n) is 13.0. The molecule has 0 bridgehead atoms. The quantitative estimate of drug-likeness (QED) is 0.227. The van der Waals surface area contributed by atoms with E-state index in [0.29, 0.717) is 11.3 Å². The summed E-state index contributed by atoms with van der Waals surface area (Å²) in [6, 6.07) is 16.0. The SMILES string of the molecule is C=C(C)CCC[C@@H](C)[C@H]1CC[C@H]2[C@@H]3CC(Oc4ccc(N)cc4)C4CC(Oc5ccc(N)cc5)CC[C@]4(C)[C@H]3CC[C@]12C. The van der Waals surface area contributed by atoms with Crippen LogP contribution in [0.15, 0.2) is 60.7 Å². The molecular weight excluding hydrogens is 528 g/mol. The molecule has 0 amide bonds. The molecule has 2 aromatic rings. The van der Waals surface area contributed by atoms with Crippen molar-refractivity contribution in [2.45, 2.75) is 111 Å². The van der Waals surface area contributed by atoms with Crippen LogP contribution in [-0.4, -0.2) is 12.2 Å². The van der Waals surface area contributed by atoms with Gasteiger partial charge in [-0.1, -0.05) is 32.8 Å². The lowest BCUT2D eigenvalue weighted by Crippen LogP contribution is -2.59. The fraction of sp³-hybridized carbons (Fsp3) is 0.641. The Bertz CT molecular complexity index is 1260. The average molecular weight is 585 g/mol. The molecule has 0 radical (unpaired) electrons. The number of anilines is 2. The van der Waals surface area contributed by atoms with Crippen molar-refractivity contribution in [3.05, 3.63) is 60.7 Å². The van der Waals surface area contributed by atoms with Crippen molar-refractivity contribution in [2.75, 3.05) is 11.5 Å². The van der Waals surface area contributed by atoms with E-state index < -0.39 is 0 Å². The van der Waals surface area contributed by atoms with E-state index in [1.807, 2.05) is 36.4 Å². The first kappa shape index (κ1) is 30.4. The highest BCUT2D eigenvalue weighted by Gasteiger charge is 2.63. The van der Waals surface area contributed by atoms with E-state index in [4.69, 9.17) is 20.9 Å². The molecule has 3 unspecified atom stereocenters. The molecule has 4 nitrogen and oxygen atoms in total. The first-order valence-corrected chi connectivity index (χ1v) is 17.3. The summed E-state index contributed by atoms with van der Waals surface area (Å²) < 4.78 is 13.6. The fourth-order valence-electron chi connectivity index (χ4n) is 10.8. The topological polar surface area (TPSA) is 70.5 Å². The van der Waals surface area contributed by atoms with E-state index in [9.17, 15) is 0 Å². The number of ether oxygens (including phenoxy) is 2. The Balaban J connectivity index is 1.24. The van der Waals surface area contributed by atoms with Crippen molar-refractivity contribution in [1.82, 2.24) is 0 Å². The predicted molar refractivity (Wildman–Crippen MR) is 179 cm³/mol. The van der Waals surface area contributed by atoms with Gasteiger partial charge in [-0.25, -0.2) is 0 Å². The summed E-state index contributed by atoms with van der Waals surface area (Å²) >= 11 is 0. The summed E-state index contributed by atoms with van der Waals surface area (Å²) in [5.74, 6) is 6.30. The molecule has 6 rings (SSSR count). The van der Waals surface area contributed by atoms with Crippen molar-refractivity contribution in [3.8, 4) is 11.5 Å². The van der Waals surface area contributed by atoms with Gasteiger partial charge in [0.15, 0.2) is 0 Å². The largest absolute Gasteiger partial charge is 0.490 e. The Hall–Kier alpha value is -2.62. The van der Waals surface area contributed by atoms with Gasteiger partial charge in [0.1, 0.15) is 17.6 Å². The predicted octanol–water partition coefficient (Wildman–Crippen LogP) is 9.70. The number of rotatable bonds is 9. The maximum absolute atomic E-state index is 7.00. The molecule has 4 N–H and O–H groups in total. The van der Waals surface area contributed by atoms with E-state index in [0.717, 1.165) is 65.3 Å². The van der Waals surface area contributed by atoms with Crippen LogP contribution in [-0.2, 0) is 0 Å². The first-order chi connectivity index (χ1) is 20.6. The Morgan fingerprint density at radius 2 is 1.42 bits per heavy atom. The second-order valence-electron chi connectivity index (χ2n) is 15.6. The molecule has 4 aliphatic carbocycles. The highest BCUT2D eigenvalue weighted by atomic mass is 16.5. The molecule has 0 saturated heterocycles. The molecule has 4 fully saturated rings. The third kappa shape index (κ3) is 5.92. The van der Waals surface area contributed by atoms with Gasteiger partial charge in [0.05, 0.1) is 6.10 Å². The van der Waals surface area contributed by atoms with Crippen molar-refractivity contribution in [3.63, 3.8) is 0 Å². The minimum absolute atomic E-state index is 0.196. The third-order valence-corrected chi connectivity index (χ3v) is 13.0. The summed E-state index contributed by atoms with van der Waals surface area (Å²) in [6.07, 6.45) is 14.3. The van der Waals surface area contributed by atoms with Crippen LogP contribution in [0.2, 0.25) is 0 Å². The summed E-state index contributed by atoms with van der Waals surface area (Å²) in [5, 5.41) is 0. The number of allylic oxidation sites excluding steroid dienone is 1. The van der Waals surface area contributed by atoms with E-state index in [1.165, 1.54) is 63.4 Å². The standard InChI is InChI=1S/C39H56N2O2/c1-25(2)7-6-8-26(3)33-17-18-34-32-24-37(43-30-15-11-28(41)12-16-30)36-23-31(42-29-13-9-27(40)10-14-29)19-21-39(36,5)35(32)20-22-38(33,34)4/h9-16,26,31-37H,1,6-8,17-24,40-41H2,2-5H3/t26-,31?,32+,33-,34+,35+,36?,37?,38-,39-/m1/s1. The van der Waals surface area contributed by atoms with Gasteiger partial charge in [-0.05, 0) is 160 Å². The summed E-state index contributed by atoms with van der Waals surface area (Å²) in [7, 11) is 0. The Labute approximate surface area is 261 Å². The van der Waals surface area contributed by atoms with E-state index in [2.05, 4.69) is 46.4 Å². The Morgan fingerprint density at radius 1 is 0.814 bits per heavy atom. The van der Waals surface area contributed by atoms with Crippen LogP contribution in [0.25, 0.3) is 0 Å². The highest BCUT2D eigenvalue weighted by Crippen LogP contribution is 2.68. The molecular formula is C39H56N2O2. The normalized spacial score (nSPS) is 37.4. The Morgan fingerprint density at radius 3 is 2.07 bits per heavy atom. The molecule has 4 saturated carbocycles. The molecule has 0 aromatic heterocycles. The molecule has 10 atom stereocenters. The lowest BCUT2D eigenvalue weighted by Gasteiger charge is -2.63. The number of nitrogens with two attached hydrogens (primary N) is 2. The van der Waals surface area contributed by atoms with Gasteiger partial charge in [0, 0.05) is 17.3 Å². The number of hydrogen-bond donors (Lipinski definition) is 2. The molecule has 4 heteroatoms. The molecule has 4 aliphatic rings. The molecule has 43 heavy (non-hydrogen) atoms. The highest BCUT2D eigenvalue weighted by molar-refractivity contribution is 5.42. The minimum atomic E-state index is 0.196. The van der Waals surface area contributed by atoms with Gasteiger partial charge in [-0.3, -0.25) is 0 Å².